The molecule has 1 aliphatic rings. The molecule has 0 amide bonds. The van der Waals surface area contributed by atoms with Gasteiger partial charge in [0.15, 0.2) is 0 Å². The van der Waals surface area contributed by atoms with E-state index in [2.05, 4.69) is 29.2 Å². The van der Waals surface area contributed by atoms with Crippen molar-refractivity contribution in [2.75, 3.05) is 18.0 Å². The predicted molar refractivity (Wildman–Crippen MR) is 99.2 cm³/mol. The maximum atomic E-state index is 10.9. The highest BCUT2D eigenvalue weighted by Gasteiger charge is 2.11. The normalized spacial score (nSPS) is 14.8. The monoisotopic (exact) mass is 332 g/mol. The number of carboxylic acid groups (broad SMARTS) is 1. The van der Waals surface area contributed by atoms with Crippen LogP contribution in [0.15, 0.2) is 54.1 Å². The Morgan fingerprint density at radius 1 is 0.960 bits per heavy atom. The Morgan fingerprint density at radius 2 is 1.52 bits per heavy atom. The van der Waals surface area contributed by atoms with Gasteiger partial charge in [0.05, 0.1) is 0 Å². The SMILES string of the molecule is N#C/C(=C\c1ccc(-c2ccc(N3CCCCC3)cc2)cc1)C(=O)O. The van der Waals surface area contributed by atoms with Gasteiger partial charge in [-0.15, -0.1) is 0 Å². The lowest BCUT2D eigenvalue weighted by molar-refractivity contribution is -0.132. The van der Waals surface area contributed by atoms with Crippen LogP contribution in [0.2, 0.25) is 0 Å². The van der Waals surface area contributed by atoms with Crippen LogP contribution >= 0.6 is 0 Å². The van der Waals surface area contributed by atoms with Crippen LogP contribution in [0.5, 0.6) is 0 Å². The van der Waals surface area contributed by atoms with E-state index in [4.69, 9.17) is 10.4 Å². The second-order valence-electron chi connectivity index (χ2n) is 6.19. The summed E-state index contributed by atoms with van der Waals surface area (Å²) in [4.78, 5) is 13.3. The van der Waals surface area contributed by atoms with Crippen LogP contribution in [0.3, 0.4) is 0 Å². The molecule has 0 saturated carbocycles. The summed E-state index contributed by atoms with van der Waals surface area (Å²) in [5.41, 5.74) is 3.89. The molecule has 1 saturated heterocycles. The lowest BCUT2D eigenvalue weighted by Crippen LogP contribution is -2.29. The van der Waals surface area contributed by atoms with Crippen LogP contribution in [0.1, 0.15) is 24.8 Å². The molecule has 4 heteroatoms. The fourth-order valence-corrected chi connectivity index (χ4v) is 3.10. The molecule has 0 unspecified atom stereocenters. The van der Waals surface area contributed by atoms with Gasteiger partial charge in [0, 0.05) is 18.8 Å². The van der Waals surface area contributed by atoms with E-state index in [1.165, 1.54) is 31.0 Å². The molecule has 25 heavy (non-hydrogen) atoms. The number of carbonyl (C=O) groups is 1. The summed E-state index contributed by atoms with van der Waals surface area (Å²) in [6, 6.07) is 17.8. The molecule has 1 N–H and O–H groups in total. The second-order valence-corrected chi connectivity index (χ2v) is 6.19. The van der Waals surface area contributed by atoms with E-state index in [1.54, 1.807) is 6.07 Å². The van der Waals surface area contributed by atoms with Crippen molar-refractivity contribution in [1.29, 1.82) is 5.26 Å². The van der Waals surface area contributed by atoms with Crippen molar-refractivity contribution >= 4 is 17.7 Å². The smallest absolute Gasteiger partial charge is 0.346 e. The Hall–Kier alpha value is -3.06. The van der Waals surface area contributed by atoms with E-state index in [1.807, 2.05) is 24.3 Å². The number of carboxylic acids is 1. The minimum atomic E-state index is -1.21. The van der Waals surface area contributed by atoms with Crippen LogP contribution in [0.25, 0.3) is 17.2 Å². The number of nitrogens with zero attached hydrogens (tertiary/aromatic N) is 2. The summed E-state index contributed by atoms with van der Waals surface area (Å²) in [6.45, 7) is 2.26. The highest BCUT2D eigenvalue weighted by Crippen LogP contribution is 2.25. The van der Waals surface area contributed by atoms with Gasteiger partial charge in [-0.25, -0.2) is 4.79 Å². The highest BCUT2D eigenvalue weighted by molar-refractivity contribution is 5.96. The van der Waals surface area contributed by atoms with Gasteiger partial charge in [-0.05, 0) is 54.2 Å². The first-order valence-electron chi connectivity index (χ1n) is 8.48. The minimum Gasteiger partial charge on any atom is -0.477 e. The van der Waals surface area contributed by atoms with Gasteiger partial charge < -0.3 is 10.0 Å². The highest BCUT2D eigenvalue weighted by atomic mass is 16.4. The number of aliphatic carboxylic acids is 1. The third kappa shape index (κ3) is 4.07. The van der Waals surface area contributed by atoms with Crippen molar-refractivity contribution in [2.45, 2.75) is 19.3 Å². The summed E-state index contributed by atoms with van der Waals surface area (Å²) in [7, 11) is 0. The van der Waals surface area contributed by atoms with Crippen LogP contribution in [0, 0.1) is 11.3 Å². The number of benzene rings is 2. The molecule has 2 aromatic carbocycles. The molecule has 0 atom stereocenters. The van der Waals surface area contributed by atoms with Crippen molar-refractivity contribution in [1.82, 2.24) is 0 Å². The van der Waals surface area contributed by atoms with Gasteiger partial charge in [0.2, 0.25) is 0 Å². The van der Waals surface area contributed by atoms with Gasteiger partial charge in [-0.1, -0.05) is 36.4 Å². The zero-order chi connectivity index (χ0) is 17.6. The molecule has 0 bridgehead atoms. The van der Waals surface area contributed by atoms with Gasteiger partial charge in [-0.2, -0.15) is 5.26 Å². The van der Waals surface area contributed by atoms with Gasteiger partial charge in [0.1, 0.15) is 11.6 Å². The van der Waals surface area contributed by atoms with E-state index < -0.39 is 5.97 Å². The van der Waals surface area contributed by atoms with Crippen molar-refractivity contribution in [3.8, 4) is 17.2 Å². The van der Waals surface area contributed by atoms with Crippen molar-refractivity contribution in [3.63, 3.8) is 0 Å². The maximum Gasteiger partial charge on any atom is 0.346 e. The van der Waals surface area contributed by atoms with Crippen LogP contribution in [-0.2, 0) is 4.79 Å². The van der Waals surface area contributed by atoms with Crippen LogP contribution in [-0.4, -0.2) is 24.2 Å². The molecule has 0 spiro atoms. The minimum absolute atomic E-state index is 0.265. The van der Waals surface area contributed by atoms with Gasteiger partial charge in [0.25, 0.3) is 0 Å². The Balaban J connectivity index is 1.76. The first kappa shape index (κ1) is 16.8. The second kappa shape index (κ2) is 7.67. The Kier molecular flexibility index (Phi) is 5.15. The van der Waals surface area contributed by atoms with Crippen LogP contribution < -0.4 is 4.90 Å². The van der Waals surface area contributed by atoms with Crippen molar-refractivity contribution in [3.05, 3.63) is 59.7 Å². The molecule has 1 aliphatic heterocycles. The number of piperidine rings is 1. The van der Waals surface area contributed by atoms with Crippen molar-refractivity contribution < 1.29 is 9.90 Å². The van der Waals surface area contributed by atoms with E-state index in [9.17, 15) is 4.79 Å². The Bertz CT molecular complexity index is 808. The summed E-state index contributed by atoms with van der Waals surface area (Å²) >= 11 is 0. The zero-order valence-corrected chi connectivity index (χ0v) is 14.0. The average Bonchev–Trinajstić information content (AvgIpc) is 2.67. The number of anilines is 1. The lowest BCUT2D eigenvalue weighted by atomic mass is 10.0. The first-order chi connectivity index (χ1) is 12.2. The largest absolute Gasteiger partial charge is 0.477 e. The van der Waals surface area contributed by atoms with E-state index in [0.717, 1.165) is 24.2 Å². The molecule has 3 rings (SSSR count). The number of nitriles is 1. The quantitative estimate of drug-likeness (QED) is 0.668. The topological polar surface area (TPSA) is 64.3 Å². The van der Waals surface area contributed by atoms with Crippen LogP contribution in [0.4, 0.5) is 5.69 Å². The Labute approximate surface area is 147 Å². The summed E-state index contributed by atoms with van der Waals surface area (Å²) in [5, 5.41) is 17.7. The summed E-state index contributed by atoms with van der Waals surface area (Å²) < 4.78 is 0. The lowest BCUT2D eigenvalue weighted by Gasteiger charge is -2.28. The molecule has 2 aromatic rings. The summed E-state index contributed by atoms with van der Waals surface area (Å²) in [6.07, 6.45) is 5.23. The third-order valence-electron chi connectivity index (χ3n) is 4.49. The maximum absolute atomic E-state index is 10.9. The molecular weight excluding hydrogens is 312 g/mol. The number of hydrogen-bond acceptors (Lipinski definition) is 3. The van der Waals surface area contributed by atoms with Crippen molar-refractivity contribution in [2.24, 2.45) is 0 Å². The van der Waals surface area contributed by atoms with E-state index >= 15 is 0 Å². The molecule has 126 valence electrons. The molecule has 1 heterocycles. The first-order valence-corrected chi connectivity index (χ1v) is 8.48. The third-order valence-corrected chi connectivity index (χ3v) is 4.49. The average molecular weight is 332 g/mol. The fourth-order valence-electron chi connectivity index (χ4n) is 3.10. The number of rotatable bonds is 4. The number of hydrogen-bond donors (Lipinski definition) is 1. The molecule has 0 aromatic heterocycles. The zero-order valence-electron chi connectivity index (χ0n) is 14.0. The molecule has 0 radical (unpaired) electrons. The van der Waals surface area contributed by atoms with Gasteiger partial charge >= 0.3 is 5.97 Å². The summed E-state index contributed by atoms with van der Waals surface area (Å²) in [5.74, 6) is -1.21. The molecule has 0 aliphatic carbocycles. The Morgan fingerprint density at radius 3 is 2.04 bits per heavy atom. The predicted octanol–water partition coefficient (Wildman–Crippen LogP) is 4.34. The van der Waals surface area contributed by atoms with E-state index in [0.29, 0.717) is 5.56 Å². The van der Waals surface area contributed by atoms with E-state index in [-0.39, 0.29) is 5.57 Å². The van der Waals surface area contributed by atoms with Gasteiger partial charge in [-0.3, -0.25) is 0 Å². The standard InChI is InChI=1S/C21H20N2O2/c22-15-19(21(24)25)14-16-4-6-17(7-5-16)18-8-10-20(11-9-18)23-12-2-1-3-13-23/h4-11,14H,1-3,12-13H2,(H,24,25)/b19-14+. The fraction of sp³-hybridized carbons (Fsp3) is 0.238. The molecular formula is C21H20N2O2. The molecule has 4 nitrogen and oxygen atoms in total. The molecule has 1 fully saturated rings.